The van der Waals surface area contributed by atoms with Gasteiger partial charge in [0.15, 0.2) is 0 Å². The summed E-state index contributed by atoms with van der Waals surface area (Å²) in [5.74, 6) is -0.141. The van der Waals surface area contributed by atoms with Crippen LogP contribution in [0.2, 0.25) is 0 Å². The number of aromatic nitrogens is 2. The lowest BCUT2D eigenvalue weighted by Gasteiger charge is -2.21. The second-order valence-electron chi connectivity index (χ2n) is 5.19. The summed E-state index contributed by atoms with van der Waals surface area (Å²) in [7, 11) is 1.63. The van der Waals surface area contributed by atoms with Crippen LogP contribution < -0.4 is 0 Å². The van der Waals surface area contributed by atoms with Crippen LogP contribution in [0, 0.1) is 0 Å². The van der Waals surface area contributed by atoms with Crippen LogP contribution in [0.4, 0.5) is 0 Å². The highest BCUT2D eigenvalue weighted by Crippen LogP contribution is 2.22. The Balaban J connectivity index is 2.13. The normalized spacial score (nSPS) is 23.3. The molecule has 1 N–H and O–H groups in total. The van der Waals surface area contributed by atoms with Crippen molar-refractivity contribution in [2.45, 2.75) is 38.5 Å². The highest BCUT2D eigenvalue weighted by Gasteiger charge is 2.36. The number of methoxy groups -OCH3 is 1. The van der Waals surface area contributed by atoms with Gasteiger partial charge in [-0.05, 0) is 20.3 Å². The molecule has 1 aliphatic rings. The number of nitrogens with zero attached hydrogens (tertiary/aromatic N) is 3. The van der Waals surface area contributed by atoms with E-state index in [1.54, 1.807) is 24.5 Å². The predicted molar refractivity (Wildman–Crippen MR) is 69.9 cm³/mol. The maximum absolute atomic E-state index is 12.4. The number of aliphatic hydroxyl groups is 1. The smallest absolute Gasteiger partial charge is 0.274 e. The topological polar surface area (TPSA) is 67.6 Å². The first kappa shape index (κ1) is 14.0. The average Bonchev–Trinajstić information content (AvgIpc) is 3.04. The van der Waals surface area contributed by atoms with E-state index in [-0.39, 0.29) is 30.7 Å². The number of carbonyl (C=O) groups excluding carboxylic acids is 1. The molecule has 0 spiro atoms. The second kappa shape index (κ2) is 5.71. The second-order valence-corrected chi connectivity index (χ2v) is 5.19. The maximum Gasteiger partial charge on any atom is 0.274 e. The number of aliphatic hydroxyl groups excluding tert-OH is 1. The molecule has 1 aliphatic heterocycles. The predicted octanol–water partition coefficient (Wildman–Crippen LogP) is 0.686. The van der Waals surface area contributed by atoms with Gasteiger partial charge in [-0.3, -0.25) is 4.79 Å². The van der Waals surface area contributed by atoms with Gasteiger partial charge in [-0.2, -0.15) is 0 Å². The number of hydrogen-bond acceptors (Lipinski definition) is 4. The summed E-state index contributed by atoms with van der Waals surface area (Å²) in [5, 5.41) is 9.36. The quantitative estimate of drug-likeness (QED) is 0.871. The summed E-state index contributed by atoms with van der Waals surface area (Å²) in [6.45, 7) is 4.53. The van der Waals surface area contributed by atoms with E-state index < -0.39 is 0 Å². The molecule has 106 valence electrons. The summed E-state index contributed by atoms with van der Waals surface area (Å²) in [5.41, 5.74) is 0.420. The van der Waals surface area contributed by atoms with Crippen molar-refractivity contribution >= 4 is 5.91 Å². The van der Waals surface area contributed by atoms with Crippen LogP contribution in [0.1, 0.15) is 36.8 Å². The van der Waals surface area contributed by atoms with Crippen molar-refractivity contribution in [2.75, 3.05) is 20.3 Å². The zero-order valence-electron chi connectivity index (χ0n) is 11.6. The Morgan fingerprint density at radius 3 is 2.89 bits per heavy atom. The van der Waals surface area contributed by atoms with E-state index in [9.17, 15) is 9.90 Å². The van der Waals surface area contributed by atoms with Crippen LogP contribution in [0.5, 0.6) is 0 Å². The van der Waals surface area contributed by atoms with Gasteiger partial charge in [0.05, 0.1) is 25.1 Å². The monoisotopic (exact) mass is 267 g/mol. The fraction of sp³-hybridized carbons (Fsp3) is 0.692. The molecule has 19 heavy (non-hydrogen) atoms. The number of amides is 1. The molecule has 0 saturated carbocycles. The molecule has 6 nitrogen and oxygen atoms in total. The van der Waals surface area contributed by atoms with Crippen LogP contribution >= 0.6 is 0 Å². The van der Waals surface area contributed by atoms with Crippen LogP contribution in [0.25, 0.3) is 0 Å². The molecule has 1 aromatic rings. The molecule has 2 heterocycles. The standard InChI is InChI=1S/C13H21N3O3/c1-9(2)15-6-12(14-8-15)13(18)16-5-11(19-3)4-10(16)7-17/h6,8-11,17H,4-5,7H2,1-3H3/t10-,11-/m0/s1. The Labute approximate surface area is 113 Å². The lowest BCUT2D eigenvalue weighted by molar-refractivity contribution is 0.0642. The first-order valence-electron chi connectivity index (χ1n) is 6.55. The molecule has 2 atom stereocenters. The summed E-state index contributed by atoms with van der Waals surface area (Å²) >= 11 is 0. The number of carbonyl (C=O) groups is 1. The lowest BCUT2D eigenvalue weighted by atomic mass is 10.2. The Kier molecular flexibility index (Phi) is 4.21. The molecule has 0 aromatic carbocycles. The van der Waals surface area contributed by atoms with Crippen molar-refractivity contribution in [3.05, 3.63) is 18.2 Å². The Morgan fingerprint density at radius 2 is 2.37 bits per heavy atom. The van der Waals surface area contributed by atoms with Crippen molar-refractivity contribution in [1.29, 1.82) is 0 Å². The molecular formula is C13H21N3O3. The zero-order valence-corrected chi connectivity index (χ0v) is 11.6. The van der Waals surface area contributed by atoms with Crippen molar-refractivity contribution < 1.29 is 14.6 Å². The fourth-order valence-corrected chi connectivity index (χ4v) is 2.34. The third-order valence-electron chi connectivity index (χ3n) is 3.60. The minimum absolute atomic E-state index is 0.00622. The molecule has 2 rings (SSSR count). The maximum atomic E-state index is 12.4. The largest absolute Gasteiger partial charge is 0.394 e. The highest BCUT2D eigenvalue weighted by atomic mass is 16.5. The molecule has 0 aliphatic carbocycles. The Hall–Kier alpha value is -1.40. The fourth-order valence-electron chi connectivity index (χ4n) is 2.34. The molecule has 0 bridgehead atoms. The zero-order chi connectivity index (χ0) is 14.0. The summed E-state index contributed by atoms with van der Waals surface area (Å²) < 4.78 is 7.17. The van der Waals surface area contributed by atoms with Crippen molar-refractivity contribution in [3.63, 3.8) is 0 Å². The number of likely N-dealkylation sites (tertiary alicyclic amines) is 1. The van der Waals surface area contributed by atoms with E-state index in [1.165, 1.54) is 0 Å². The lowest BCUT2D eigenvalue weighted by Crippen LogP contribution is -2.38. The minimum Gasteiger partial charge on any atom is -0.394 e. The van der Waals surface area contributed by atoms with Gasteiger partial charge in [0.1, 0.15) is 5.69 Å². The van der Waals surface area contributed by atoms with Crippen LogP contribution in [0.15, 0.2) is 12.5 Å². The average molecular weight is 267 g/mol. The van der Waals surface area contributed by atoms with Crippen LogP contribution in [-0.4, -0.2) is 57.9 Å². The van der Waals surface area contributed by atoms with E-state index in [2.05, 4.69) is 4.98 Å². The van der Waals surface area contributed by atoms with E-state index in [0.717, 1.165) is 0 Å². The Bertz CT molecular complexity index is 444. The molecule has 0 radical (unpaired) electrons. The van der Waals surface area contributed by atoms with Gasteiger partial charge in [0.2, 0.25) is 0 Å². The van der Waals surface area contributed by atoms with E-state index >= 15 is 0 Å². The molecule has 1 aromatic heterocycles. The van der Waals surface area contributed by atoms with Gasteiger partial charge in [-0.1, -0.05) is 0 Å². The third-order valence-corrected chi connectivity index (χ3v) is 3.60. The minimum atomic E-state index is -0.179. The van der Waals surface area contributed by atoms with Gasteiger partial charge in [-0.25, -0.2) is 4.98 Å². The van der Waals surface area contributed by atoms with Gasteiger partial charge in [-0.15, -0.1) is 0 Å². The van der Waals surface area contributed by atoms with Gasteiger partial charge in [0, 0.05) is 25.9 Å². The molecular weight excluding hydrogens is 246 g/mol. The molecule has 1 amide bonds. The number of imidazole rings is 1. The molecule has 0 unspecified atom stereocenters. The van der Waals surface area contributed by atoms with Gasteiger partial charge in [0.25, 0.3) is 5.91 Å². The van der Waals surface area contributed by atoms with E-state index in [0.29, 0.717) is 18.7 Å². The van der Waals surface area contributed by atoms with Crippen LogP contribution in [-0.2, 0) is 4.74 Å². The molecule has 1 fully saturated rings. The Morgan fingerprint density at radius 1 is 1.63 bits per heavy atom. The van der Waals surface area contributed by atoms with E-state index in [4.69, 9.17) is 4.74 Å². The number of hydrogen-bond donors (Lipinski definition) is 1. The van der Waals surface area contributed by atoms with Gasteiger partial charge < -0.3 is 19.3 Å². The first-order valence-corrected chi connectivity index (χ1v) is 6.55. The summed E-state index contributed by atoms with van der Waals surface area (Å²) in [4.78, 5) is 18.2. The van der Waals surface area contributed by atoms with Crippen LogP contribution in [0.3, 0.4) is 0 Å². The SMILES string of the molecule is CO[C@H]1C[C@@H](CO)N(C(=O)c2cn(C(C)C)cn2)C1. The summed E-state index contributed by atoms with van der Waals surface area (Å²) in [6.07, 6.45) is 4.08. The first-order chi connectivity index (χ1) is 9.06. The van der Waals surface area contributed by atoms with Crippen molar-refractivity contribution in [1.82, 2.24) is 14.5 Å². The molecule has 1 saturated heterocycles. The van der Waals surface area contributed by atoms with Gasteiger partial charge >= 0.3 is 0 Å². The molecule has 6 heteroatoms. The van der Waals surface area contributed by atoms with Crippen molar-refractivity contribution in [2.24, 2.45) is 0 Å². The number of rotatable bonds is 4. The highest BCUT2D eigenvalue weighted by molar-refractivity contribution is 5.92. The van der Waals surface area contributed by atoms with Crippen molar-refractivity contribution in [3.8, 4) is 0 Å². The summed E-state index contributed by atoms with van der Waals surface area (Å²) in [6, 6.07) is 0.0923. The van der Waals surface area contributed by atoms with E-state index in [1.807, 2.05) is 18.4 Å². The third kappa shape index (κ3) is 2.79. The number of ether oxygens (including phenoxy) is 1.